The van der Waals surface area contributed by atoms with Crippen LogP contribution < -0.4 is 5.32 Å². The van der Waals surface area contributed by atoms with Crippen LogP contribution in [0.25, 0.3) is 0 Å². The molecule has 1 fully saturated rings. The Balaban J connectivity index is 2.52. The molecule has 1 aliphatic rings. The molecule has 0 radical (unpaired) electrons. The molecule has 1 heterocycles. The number of alkyl carbamates (subject to hydrolysis) is 1. The molecule has 0 aromatic rings. The number of morpholine rings is 1. The van der Waals surface area contributed by atoms with Crippen LogP contribution in [-0.4, -0.2) is 55.5 Å². The molecule has 1 aliphatic heterocycles. The lowest BCUT2D eigenvalue weighted by Crippen LogP contribution is -2.50. The molecule has 1 N–H and O–H groups in total. The summed E-state index contributed by atoms with van der Waals surface area (Å²) in [6.07, 6.45) is 0.709. The zero-order chi connectivity index (χ0) is 15.2. The summed E-state index contributed by atoms with van der Waals surface area (Å²) >= 11 is 0. The number of carbonyl (C=O) groups is 1. The average molecular weight is 286 g/mol. The van der Waals surface area contributed by atoms with E-state index >= 15 is 0 Å². The Hall–Kier alpha value is -0.810. The summed E-state index contributed by atoms with van der Waals surface area (Å²) in [5, 5.41) is 3.03. The summed E-state index contributed by atoms with van der Waals surface area (Å²) in [6, 6.07) is 0.118. The summed E-state index contributed by atoms with van der Waals surface area (Å²) in [5.74, 6) is 0.422. The van der Waals surface area contributed by atoms with Gasteiger partial charge in [0.25, 0.3) is 0 Å². The third-order valence-corrected chi connectivity index (χ3v) is 3.59. The Morgan fingerprint density at radius 3 is 2.45 bits per heavy atom. The van der Waals surface area contributed by atoms with Crippen molar-refractivity contribution in [2.45, 2.75) is 52.7 Å². The molecular weight excluding hydrogens is 256 g/mol. The first-order chi connectivity index (χ1) is 9.31. The second-order valence-electron chi connectivity index (χ2n) is 6.55. The number of amides is 1. The van der Waals surface area contributed by atoms with Crippen molar-refractivity contribution in [3.05, 3.63) is 0 Å². The van der Waals surface area contributed by atoms with Crippen LogP contribution in [0.1, 0.15) is 41.0 Å². The number of hydrogen-bond acceptors (Lipinski definition) is 4. The predicted molar refractivity (Wildman–Crippen MR) is 79.9 cm³/mol. The van der Waals surface area contributed by atoms with Gasteiger partial charge in [-0.1, -0.05) is 20.3 Å². The van der Waals surface area contributed by atoms with Crippen LogP contribution in [0.3, 0.4) is 0 Å². The van der Waals surface area contributed by atoms with E-state index in [0.717, 1.165) is 39.3 Å². The van der Waals surface area contributed by atoms with Gasteiger partial charge in [0.05, 0.1) is 13.2 Å². The fourth-order valence-electron chi connectivity index (χ4n) is 2.17. The number of nitrogens with one attached hydrogen (secondary N) is 1. The molecule has 1 amide bonds. The quantitative estimate of drug-likeness (QED) is 0.842. The zero-order valence-corrected chi connectivity index (χ0v) is 13.6. The van der Waals surface area contributed by atoms with Gasteiger partial charge in [0.2, 0.25) is 0 Å². The monoisotopic (exact) mass is 286 g/mol. The van der Waals surface area contributed by atoms with Crippen molar-refractivity contribution in [1.82, 2.24) is 10.2 Å². The van der Waals surface area contributed by atoms with E-state index in [1.165, 1.54) is 0 Å². The topological polar surface area (TPSA) is 50.8 Å². The fourth-order valence-corrected chi connectivity index (χ4v) is 2.17. The van der Waals surface area contributed by atoms with Crippen LogP contribution in [0.2, 0.25) is 0 Å². The lowest BCUT2D eigenvalue weighted by Gasteiger charge is -2.33. The molecule has 5 nitrogen and oxygen atoms in total. The lowest BCUT2D eigenvalue weighted by molar-refractivity contribution is 0.0250. The minimum atomic E-state index is -0.455. The molecule has 118 valence electrons. The van der Waals surface area contributed by atoms with Crippen molar-refractivity contribution < 1.29 is 14.3 Å². The van der Waals surface area contributed by atoms with Crippen molar-refractivity contribution >= 4 is 6.09 Å². The van der Waals surface area contributed by atoms with Crippen molar-refractivity contribution in [3.8, 4) is 0 Å². The summed E-state index contributed by atoms with van der Waals surface area (Å²) in [4.78, 5) is 14.3. The van der Waals surface area contributed by atoms with Crippen LogP contribution in [0, 0.1) is 5.92 Å². The van der Waals surface area contributed by atoms with Crippen molar-refractivity contribution in [3.63, 3.8) is 0 Å². The van der Waals surface area contributed by atoms with Crippen molar-refractivity contribution in [1.29, 1.82) is 0 Å². The molecule has 20 heavy (non-hydrogen) atoms. The highest BCUT2D eigenvalue weighted by Gasteiger charge is 2.25. The first kappa shape index (κ1) is 17.2. The molecule has 0 bridgehead atoms. The van der Waals surface area contributed by atoms with E-state index in [2.05, 4.69) is 24.1 Å². The van der Waals surface area contributed by atoms with Crippen LogP contribution in [-0.2, 0) is 9.47 Å². The first-order valence-electron chi connectivity index (χ1n) is 7.61. The van der Waals surface area contributed by atoms with E-state index in [4.69, 9.17) is 9.47 Å². The average Bonchev–Trinajstić information content (AvgIpc) is 2.36. The number of carbonyl (C=O) groups excluding carboxylic acids is 1. The Morgan fingerprint density at radius 2 is 1.95 bits per heavy atom. The Morgan fingerprint density at radius 1 is 1.35 bits per heavy atom. The van der Waals surface area contributed by atoms with Gasteiger partial charge in [0.15, 0.2) is 0 Å². The highest BCUT2D eigenvalue weighted by molar-refractivity contribution is 5.68. The van der Waals surface area contributed by atoms with E-state index < -0.39 is 5.60 Å². The van der Waals surface area contributed by atoms with E-state index in [-0.39, 0.29) is 12.1 Å². The molecule has 0 unspecified atom stereocenters. The second kappa shape index (κ2) is 7.84. The summed E-state index contributed by atoms with van der Waals surface area (Å²) in [7, 11) is 0. The molecule has 0 saturated carbocycles. The number of hydrogen-bond donors (Lipinski definition) is 1. The lowest BCUT2D eigenvalue weighted by atomic mass is 9.98. The van der Waals surface area contributed by atoms with Crippen molar-refractivity contribution in [2.24, 2.45) is 5.92 Å². The maximum atomic E-state index is 12.0. The van der Waals surface area contributed by atoms with Crippen LogP contribution in [0.5, 0.6) is 0 Å². The first-order valence-corrected chi connectivity index (χ1v) is 7.61. The van der Waals surface area contributed by atoms with Crippen molar-refractivity contribution in [2.75, 3.05) is 32.8 Å². The van der Waals surface area contributed by atoms with Gasteiger partial charge in [0.1, 0.15) is 5.60 Å². The highest BCUT2D eigenvalue weighted by Crippen LogP contribution is 2.13. The van der Waals surface area contributed by atoms with Gasteiger partial charge in [-0.15, -0.1) is 0 Å². The van der Waals surface area contributed by atoms with Gasteiger partial charge in [0, 0.05) is 25.7 Å². The molecule has 2 atom stereocenters. The number of ether oxygens (including phenoxy) is 2. The van der Waals surface area contributed by atoms with Gasteiger partial charge >= 0.3 is 6.09 Å². The van der Waals surface area contributed by atoms with Crippen LogP contribution in [0.4, 0.5) is 4.79 Å². The molecule has 0 aromatic heterocycles. The predicted octanol–water partition coefficient (Wildman–Crippen LogP) is 2.26. The third-order valence-electron chi connectivity index (χ3n) is 3.59. The van der Waals surface area contributed by atoms with Gasteiger partial charge in [-0.3, -0.25) is 4.90 Å². The zero-order valence-electron chi connectivity index (χ0n) is 13.6. The molecule has 1 saturated heterocycles. The SMILES string of the molecule is CC[C@@H](C)[C@@H](CN1CCOCC1)NC(=O)OC(C)(C)C. The third kappa shape index (κ3) is 6.57. The van der Waals surface area contributed by atoms with E-state index in [1.54, 1.807) is 0 Å². The summed E-state index contributed by atoms with van der Waals surface area (Å²) in [6.45, 7) is 14.2. The number of nitrogens with zero attached hydrogens (tertiary/aromatic N) is 1. The molecule has 5 heteroatoms. The minimum absolute atomic E-state index is 0.118. The van der Waals surface area contributed by atoms with E-state index in [9.17, 15) is 4.79 Å². The number of rotatable bonds is 5. The summed E-state index contributed by atoms with van der Waals surface area (Å²) < 4.78 is 10.7. The standard InChI is InChI=1S/C15H30N2O3/c1-6-12(2)13(11-17-7-9-19-10-8-17)16-14(18)20-15(3,4)5/h12-13H,6-11H2,1-5H3,(H,16,18)/t12-,13-/m1/s1. The van der Waals surface area contributed by atoms with Gasteiger partial charge in [-0.2, -0.15) is 0 Å². The Labute approximate surface area is 123 Å². The highest BCUT2D eigenvalue weighted by atomic mass is 16.6. The molecule has 0 aliphatic carbocycles. The fraction of sp³-hybridized carbons (Fsp3) is 0.933. The molecule has 0 aromatic carbocycles. The smallest absolute Gasteiger partial charge is 0.407 e. The maximum absolute atomic E-state index is 12.0. The second-order valence-corrected chi connectivity index (χ2v) is 6.55. The van der Waals surface area contributed by atoms with Crippen LogP contribution >= 0.6 is 0 Å². The normalized spacial score (nSPS) is 20.2. The van der Waals surface area contributed by atoms with Gasteiger partial charge in [-0.05, 0) is 26.7 Å². The van der Waals surface area contributed by atoms with Gasteiger partial charge < -0.3 is 14.8 Å². The molecule has 1 rings (SSSR count). The van der Waals surface area contributed by atoms with Gasteiger partial charge in [-0.25, -0.2) is 4.79 Å². The largest absolute Gasteiger partial charge is 0.444 e. The van der Waals surface area contributed by atoms with Crippen LogP contribution in [0.15, 0.2) is 0 Å². The Bertz CT molecular complexity index is 296. The summed E-state index contributed by atoms with van der Waals surface area (Å²) in [5.41, 5.74) is -0.455. The van der Waals surface area contributed by atoms with E-state index in [0.29, 0.717) is 5.92 Å². The maximum Gasteiger partial charge on any atom is 0.407 e. The molecular formula is C15H30N2O3. The molecule has 0 spiro atoms. The minimum Gasteiger partial charge on any atom is -0.444 e. The Kier molecular flexibility index (Phi) is 6.76. The van der Waals surface area contributed by atoms with E-state index in [1.807, 2.05) is 20.8 Å².